The smallest absolute Gasteiger partial charge is 0.225 e. The standard InChI is InChI=1S/C15H20N2O5S/c18-14-6-12(8-17(14)9-13-2-1-4-22-13)15(19)16-7-11-3-5-23(20,21)10-11/h1-2,4,11-12H,3,5-10H2,(H,16,19)/t11-,12-/m1/s1. The molecule has 0 unspecified atom stereocenters. The second-order valence-electron chi connectivity index (χ2n) is 6.27. The first-order valence-corrected chi connectivity index (χ1v) is 9.53. The van der Waals surface area contributed by atoms with Gasteiger partial charge in [-0.25, -0.2) is 8.42 Å². The van der Waals surface area contributed by atoms with E-state index in [0.717, 1.165) is 0 Å². The fourth-order valence-electron chi connectivity index (χ4n) is 3.11. The summed E-state index contributed by atoms with van der Waals surface area (Å²) in [6.45, 7) is 1.10. The first-order valence-electron chi connectivity index (χ1n) is 7.71. The van der Waals surface area contributed by atoms with Gasteiger partial charge in [-0.15, -0.1) is 0 Å². The van der Waals surface area contributed by atoms with Crippen LogP contribution in [0.15, 0.2) is 22.8 Å². The lowest BCUT2D eigenvalue weighted by Crippen LogP contribution is -2.36. The van der Waals surface area contributed by atoms with Crippen LogP contribution in [0.1, 0.15) is 18.6 Å². The molecule has 3 rings (SSSR count). The van der Waals surface area contributed by atoms with Gasteiger partial charge in [-0.2, -0.15) is 0 Å². The van der Waals surface area contributed by atoms with Crippen molar-refractivity contribution in [1.29, 1.82) is 0 Å². The molecule has 3 heterocycles. The topological polar surface area (TPSA) is 96.7 Å². The molecule has 2 amide bonds. The lowest BCUT2D eigenvalue weighted by Gasteiger charge is -2.16. The molecular weight excluding hydrogens is 320 g/mol. The Morgan fingerprint density at radius 2 is 2.26 bits per heavy atom. The first-order chi connectivity index (χ1) is 10.9. The highest BCUT2D eigenvalue weighted by Gasteiger charge is 2.35. The molecule has 1 aromatic rings. The van der Waals surface area contributed by atoms with Crippen molar-refractivity contribution in [1.82, 2.24) is 10.2 Å². The van der Waals surface area contributed by atoms with Crippen LogP contribution in [0.2, 0.25) is 0 Å². The van der Waals surface area contributed by atoms with Crippen LogP contribution in [0.25, 0.3) is 0 Å². The Kier molecular flexibility index (Phi) is 4.43. The maximum absolute atomic E-state index is 12.2. The number of amides is 2. The van der Waals surface area contributed by atoms with Gasteiger partial charge in [0.05, 0.1) is 30.2 Å². The van der Waals surface area contributed by atoms with Crippen molar-refractivity contribution in [3.8, 4) is 0 Å². The molecule has 7 nitrogen and oxygen atoms in total. The molecular formula is C15H20N2O5S. The van der Waals surface area contributed by atoms with E-state index in [9.17, 15) is 18.0 Å². The Morgan fingerprint density at radius 1 is 1.43 bits per heavy atom. The molecule has 0 aliphatic carbocycles. The number of furan rings is 1. The zero-order valence-electron chi connectivity index (χ0n) is 12.7. The summed E-state index contributed by atoms with van der Waals surface area (Å²) in [7, 11) is -2.93. The van der Waals surface area contributed by atoms with E-state index in [-0.39, 0.29) is 41.6 Å². The minimum atomic E-state index is -2.93. The van der Waals surface area contributed by atoms with Crippen LogP contribution in [-0.4, -0.2) is 49.7 Å². The van der Waals surface area contributed by atoms with Gasteiger partial charge in [-0.05, 0) is 24.5 Å². The van der Waals surface area contributed by atoms with Crippen molar-refractivity contribution in [2.45, 2.75) is 19.4 Å². The molecule has 0 bridgehead atoms. The number of hydrogen-bond donors (Lipinski definition) is 1. The normalized spacial score (nSPS) is 26.6. The van der Waals surface area contributed by atoms with Gasteiger partial charge in [0.1, 0.15) is 5.76 Å². The van der Waals surface area contributed by atoms with Gasteiger partial charge in [-0.1, -0.05) is 0 Å². The maximum atomic E-state index is 12.2. The van der Waals surface area contributed by atoms with Gasteiger partial charge in [-0.3, -0.25) is 9.59 Å². The maximum Gasteiger partial charge on any atom is 0.225 e. The van der Waals surface area contributed by atoms with Crippen molar-refractivity contribution >= 4 is 21.7 Å². The average molecular weight is 340 g/mol. The quantitative estimate of drug-likeness (QED) is 0.825. The Bertz CT molecular complexity index is 683. The minimum Gasteiger partial charge on any atom is -0.467 e. The van der Waals surface area contributed by atoms with Gasteiger partial charge in [0.2, 0.25) is 11.8 Å². The molecule has 2 fully saturated rings. The number of rotatable bonds is 5. The van der Waals surface area contributed by atoms with Crippen molar-refractivity contribution in [3.63, 3.8) is 0 Å². The van der Waals surface area contributed by atoms with Gasteiger partial charge in [0.15, 0.2) is 9.84 Å². The van der Waals surface area contributed by atoms with Crippen LogP contribution in [0, 0.1) is 11.8 Å². The van der Waals surface area contributed by atoms with Gasteiger partial charge >= 0.3 is 0 Å². The molecule has 0 radical (unpaired) electrons. The summed E-state index contributed by atoms with van der Waals surface area (Å²) in [6.07, 6.45) is 2.34. The van der Waals surface area contributed by atoms with Crippen molar-refractivity contribution in [2.24, 2.45) is 11.8 Å². The van der Waals surface area contributed by atoms with E-state index >= 15 is 0 Å². The molecule has 0 spiro atoms. The zero-order chi connectivity index (χ0) is 16.4. The van der Waals surface area contributed by atoms with Crippen molar-refractivity contribution in [3.05, 3.63) is 24.2 Å². The van der Waals surface area contributed by atoms with Crippen LogP contribution >= 0.6 is 0 Å². The molecule has 2 aliphatic rings. The highest BCUT2D eigenvalue weighted by atomic mass is 32.2. The molecule has 0 saturated carbocycles. The summed E-state index contributed by atoms with van der Waals surface area (Å²) in [5, 5.41) is 2.80. The van der Waals surface area contributed by atoms with Crippen LogP contribution in [0.3, 0.4) is 0 Å². The zero-order valence-corrected chi connectivity index (χ0v) is 13.5. The van der Waals surface area contributed by atoms with E-state index in [4.69, 9.17) is 4.42 Å². The molecule has 1 aromatic heterocycles. The number of carbonyl (C=O) groups excluding carboxylic acids is 2. The molecule has 1 N–H and O–H groups in total. The largest absolute Gasteiger partial charge is 0.467 e. The number of likely N-dealkylation sites (tertiary alicyclic amines) is 1. The van der Waals surface area contributed by atoms with Crippen LogP contribution < -0.4 is 5.32 Å². The number of nitrogens with zero attached hydrogens (tertiary/aromatic N) is 1. The summed E-state index contributed by atoms with van der Waals surface area (Å²) in [5.41, 5.74) is 0. The van der Waals surface area contributed by atoms with E-state index in [1.54, 1.807) is 23.3 Å². The number of carbonyl (C=O) groups is 2. The molecule has 23 heavy (non-hydrogen) atoms. The molecule has 2 saturated heterocycles. The minimum absolute atomic E-state index is 0.0136. The number of nitrogens with one attached hydrogen (secondary N) is 1. The predicted octanol–water partition coefficient (Wildman–Crippen LogP) is 0.179. The SMILES string of the molecule is O=C(NC[C@H]1CCS(=O)(=O)C1)[C@@H]1CC(=O)N(Cc2ccco2)C1. The monoisotopic (exact) mass is 340 g/mol. The van der Waals surface area contributed by atoms with Crippen LogP contribution in [0.4, 0.5) is 0 Å². The van der Waals surface area contributed by atoms with Gasteiger partial charge < -0.3 is 14.6 Å². The summed E-state index contributed by atoms with van der Waals surface area (Å²) < 4.78 is 28.0. The lowest BCUT2D eigenvalue weighted by atomic mass is 10.1. The molecule has 8 heteroatoms. The fourth-order valence-corrected chi connectivity index (χ4v) is 4.98. The van der Waals surface area contributed by atoms with Gasteiger partial charge in [0.25, 0.3) is 0 Å². The van der Waals surface area contributed by atoms with E-state index in [0.29, 0.717) is 31.8 Å². The lowest BCUT2D eigenvalue weighted by molar-refractivity contribution is -0.129. The Morgan fingerprint density at radius 3 is 2.91 bits per heavy atom. The highest BCUT2D eigenvalue weighted by molar-refractivity contribution is 7.91. The third kappa shape index (κ3) is 3.93. The summed E-state index contributed by atoms with van der Waals surface area (Å²) in [6, 6.07) is 3.55. The second kappa shape index (κ2) is 6.35. The molecule has 2 atom stereocenters. The third-order valence-electron chi connectivity index (χ3n) is 4.40. The van der Waals surface area contributed by atoms with E-state index in [2.05, 4.69) is 5.32 Å². The average Bonchev–Trinajstić information content (AvgIpc) is 3.19. The first kappa shape index (κ1) is 16.0. The number of hydrogen-bond acceptors (Lipinski definition) is 5. The predicted molar refractivity (Wildman–Crippen MR) is 82.0 cm³/mol. The summed E-state index contributed by atoms with van der Waals surface area (Å²) in [5.74, 6) is 0.398. The van der Waals surface area contributed by atoms with Gasteiger partial charge in [0, 0.05) is 19.5 Å². The second-order valence-corrected chi connectivity index (χ2v) is 8.50. The van der Waals surface area contributed by atoms with Crippen LogP contribution in [0.5, 0.6) is 0 Å². The molecule has 126 valence electrons. The summed E-state index contributed by atoms with van der Waals surface area (Å²) in [4.78, 5) is 25.8. The highest BCUT2D eigenvalue weighted by Crippen LogP contribution is 2.21. The fraction of sp³-hybridized carbons (Fsp3) is 0.600. The van der Waals surface area contributed by atoms with E-state index in [1.807, 2.05) is 0 Å². The molecule has 0 aromatic carbocycles. The molecule has 2 aliphatic heterocycles. The van der Waals surface area contributed by atoms with E-state index in [1.165, 1.54) is 0 Å². The Labute approximate surface area is 134 Å². The third-order valence-corrected chi connectivity index (χ3v) is 6.24. The van der Waals surface area contributed by atoms with E-state index < -0.39 is 9.84 Å². The summed E-state index contributed by atoms with van der Waals surface area (Å²) >= 11 is 0. The van der Waals surface area contributed by atoms with Crippen molar-refractivity contribution < 1.29 is 22.4 Å². The number of sulfone groups is 1. The van der Waals surface area contributed by atoms with Crippen LogP contribution in [-0.2, 0) is 26.0 Å². The Balaban J connectivity index is 1.48. The Hall–Kier alpha value is -1.83. The van der Waals surface area contributed by atoms with Crippen molar-refractivity contribution in [2.75, 3.05) is 24.6 Å².